The number of carboxylic acids is 1. The molecule has 3 rings (SSSR count). The molecule has 0 radical (unpaired) electrons. The van der Waals surface area contributed by atoms with Crippen molar-refractivity contribution in [1.29, 1.82) is 0 Å². The maximum atomic E-state index is 12.7. The van der Waals surface area contributed by atoms with Crippen molar-refractivity contribution in [2.24, 2.45) is 4.99 Å². The maximum absolute atomic E-state index is 12.7. The molecular formula is C26H31ClN4O7. The highest BCUT2D eigenvalue weighted by molar-refractivity contribution is 6.30. The third-order valence-corrected chi connectivity index (χ3v) is 6.07. The molecule has 1 aliphatic rings. The first-order valence-corrected chi connectivity index (χ1v) is 12.3. The Kier molecular flexibility index (Phi) is 9.31. The van der Waals surface area contributed by atoms with Crippen LogP contribution in [0.1, 0.15) is 54.1 Å². The van der Waals surface area contributed by atoms with E-state index in [0.29, 0.717) is 34.3 Å². The number of hydrogen-bond donors (Lipinski definition) is 7. The molecule has 0 saturated heterocycles. The fraction of sp³-hybridized carbons (Fsp3) is 0.385. The average molecular weight is 547 g/mol. The molecule has 0 saturated carbocycles. The number of carbonyl (C=O) groups excluding carboxylic acids is 2. The Morgan fingerprint density at radius 2 is 1.89 bits per heavy atom. The minimum atomic E-state index is -1.22. The summed E-state index contributed by atoms with van der Waals surface area (Å²) < 4.78 is 0. The summed E-state index contributed by atoms with van der Waals surface area (Å²) in [6, 6.07) is 8.85. The van der Waals surface area contributed by atoms with Gasteiger partial charge in [-0.1, -0.05) is 17.7 Å². The van der Waals surface area contributed by atoms with E-state index >= 15 is 0 Å². The first kappa shape index (κ1) is 28.9. The van der Waals surface area contributed by atoms with Crippen LogP contribution in [0, 0.1) is 0 Å². The van der Waals surface area contributed by atoms with Gasteiger partial charge in [-0.05, 0) is 49.2 Å². The number of β-amino-alcohol motifs (C(OH)–C–C–N with tert-alkyl or cyclic N) is 1. The Hall–Kier alpha value is -3.67. The quantitative estimate of drug-likeness (QED) is 0.234. The maximum Gasteiger partial charge on any atom is 0.303 e. The normalized spacial score (nSPS) is 16.1. The zero-order chi connectivity index (χ0) is 28.0. The van der Waals surface area contributed by atoms with E-state index in [1.165, 1.54) is 18.2 Å². The number of aliphatic hydroxyl groups is 2. The van der Waals surface area contributed by atoms with Gasteiger partial charge in [-0.3, -0.25) is 19.4 Å². The molecule has 0 aliphatic carbocycles. The number of carbonyl (C=O) groups is 3. The van der Waals surface area contributed by atoms with Crippen molar-refractivity contribution in [2.45, 2.75) is 44.3 Å². The van der Waals surface area contributed by atoms with Gasteiger partial charge in [0.15, 0.2) is 11.7 Å². The second-order valence-corrected chi connectivity index (χ2v) is 10.1. The van der Waals surface area contributed by atoms with Crippen molar-refractivity contribution in [3.8, 4) is 5.75 Å². The van der Waals surface area contributed by atoms with Crippen molar-refractivity contribution in [3.63, 3.8) is 0 Å². The molecule has 12 heteroatoms. The van der Waals surface area contributed by atoms with E-state index in [4.69, 9.17) is 11.6 Å². The lowest BCUT2D eigenvalue weighted by Crippen LogP contribution is -2.42. The molecule has 0 spiro atoms. The number of rotatable bonds is 10. The van der Waals surface area contributed by atoms with Crippen LogP contribution in [-0.4, -0.2) is 69.8 Å². The topological polar surface area (TPSA) is 181 Å². The molecule has 204 valence electrons. The SMILES string of the molecule is CC(C)(O)c1cc(Cl)cc([C@H](CC(=O)O)CC(=O)CNC(=O)c2cc(O)cc(NC3=NCC(O)CN3)c2)c1. The van der Waals surface area contributed by atoms with Crippen molar-refractivity contribution in [2.75, 3.05) is 25.0 Å². The molecule has 2 aromatic rings. The molecule has 7 N–H and O–H groups in total. The summed E-state index contributed by atoms with van der Waals surface area (Å²) in [5, 5.41) is 47.9. The number of aromatic hydroxyl groups is 1. The molecule has 11 nitrogen and oxygen atoms in total. The number of amides is 1. The van der Waals surface area contributed by atoms with Crippen molar-refractivity contribution in [3.05, 3.63) is 58.1 Å². The number of phenols is 1. The highest BCUT2D eigenvalue weighted by atomic mass is 35.5. The molecule has 1 aliphatic heterocycles. The van der Waals surface area contributed by atoms with E-state index in [-0.39, 0.29) is 37.2 Å². The Morgan fingerprint density at radius 1 is 1.16 bits per heavy atom. The Bertz CT molecular complexity index is 1240. The number of anilines is 1. The monoisotopic (exact) mass is 546 g/mol. The van der Waals surface area contributed by atoms with Crippen LogP contribution in [0.3, 0.4) is 0 Å². The van der Waals surface area contributed by atoms with E-state index in [1.807, 2.05) is 0 Å². The number of aliphatic imine (C=N–C) groups is 1. The standard InChI is InChI=1S/C26H31ClN4O7/c1-26(2,38)17-3-14(4-18(27)9-17)15(8-23(35)36)6-21(33)11-28-24(37)16-5-19(10-20(32)7-16)31-25-29-12-22(34)13-30-25/h3-5,7,9-10,15,22,32,34,38H,6,8,11-13H2,1-2H3,(H,28,37)(H,35,36)(H2,29,30,31)/t15-/m0/s1. The smallest absolute Gasteiger partial charge is 0.303 e. The number of ketones is 1. The number of nitrogens with one attached hydrogen (secondary N) is 3. The Labute approximate surface area is 224 Å². The summed E-state index contributed by atoms with van der Waals surface area (Å²) in [4.78, 5) is 41.0. The summed E-state index contributed by atoms with van der Waals surface area (Å²) in [7, 11) is 0. The predicted molar refractivity (Wildman–Crippen MR) is 142 cm³/mol. The Balaban J connectivity index is 1.67. The van der Waals surface area contributed by atoms with Gasteiger partial charge in [-0.2, -0.15) is 0 Å². The number of halogens is 1. The van der Waals surface area contributed by atoms with Crippen LogP contribution < -0.4 is 16.0 Å². The summed E-state index contributed by atoms with van der Waals surface area (Å²) >= 11 is 6.19. The summed E-state index contributed by atoms with van der Waals surface area (Å²) in [6.45, 7) is 3.29. The number of benzene rings is 2. The summed E-state index contributed by atoms with van der Waals surface area (Å²) in [5.74, 6) is -2.67. The molecule has 38 heavy (non-hydrogen) atoms. The van der Waals surface area contributed by atoms with Gasteiger partial charge in [0, 0.05) is 41.2 Å². The Morgan fingerprint density at radius 3 is 2.53 bits per heavy atom. The summed E-state index contributed by atoms with van der Waals surface area (Å²) in [6.07, 6.45) is -1.12. The molecule has 0 bridgehead atoms. The van der Waals surface area contributed by atoms with E-state index < -0.39 is 35.3 Å². The molecule has 2 aromatic carbocycles. The van der Waals surface area contributed by atoms with E-state index in [0.717, 1.165) is 0 Å². The molecule has 2 atom stereocenters. The fourth-order valence-corrected chi connectivity index (χ4v) is 4.16. The lowest BCUT2D eigenvalue weighted by atomic mass is 9.87. The number of phenolic OH excluding ortho intramolecular Hbond substituents is 1. The van der Waals surface area contributed by atoms with Crippen molar-refractivity contribution >= 4 is 40.9 Å². The number of hydrogen-bond acceptors (Lipinski definition) is 9. The van der Waals surface area contributed by atoms with Gasteiger partial charge in [0.05, 0.1) is 31.2 Å². The largest absolute Gasteiger partial charge is 0.508 e. The van der Waals surface area contributed by atoms with Gasteiger partial charge in [0.25, 0.3) is 5.91 Å². The molecule has 1 heterocycles. The number of aliphatic carboxylic acids is 1. The zero-order valence-corrected chi connectivity index (χ0v) is 21.7. The first-order chi connectivity index (χ1) is 17.8. The summed E-state index contributed by atoms with van der Waals surface area (Å²) in [5.41, 5.74) is 0.209. The third kappa shape index (κ3) is 8.44. The van der Waals surface area contributed by atoms with Crippen LogP contribution >= 0.6 is 11.6 Å². The highest BCUT2D eigenvalue weighted by Crippen LogP contribution is 2.31. The molecule has 0 aromatic heterocycles. The number of guanidine groups is 1. The second-order valence-electron chi connectivity index (χ2n) is 9.67. The van der Waals surface area contributed by atoms with Gasteiger partial charge in [-0.25, -0.2) is 0 Å². The van der Waals surface area contributed by atoms with Gasteiger partial charge in [0.1, 0.15) is 5.75 Å². The van der Waals surface area contributed by atoms with Crippen LogP contribution in [0.4, 0.5) is 5.69 Å². The van der Waals surface area contributed by atoms with Crippen LogP contribution in [-0.2, 0) is 15.2 Å². The van der Waals surface area contributed by atoms with E-state index in [1.54, 1.807) is 32.0 Å². The number of carboxylic acid groups (broad SMARTS) is 1. The average Bonchev–Trinajstić information content (AvgIpc) is 2.82. The molecule has 1 unspecified atom stereocenters. The minimum absolute atomic E-state index is 0.0866. The number of aliphatic hydroxyl groups excluding tert-OH is 1. The van der Waals surface area contributed by atoms with Gasteiger partial charge in [-0.15, -0.1) is 0 Å². The van der Waals surface area contributed by atoms with Crippen LogP contribution in [0.5, 0.6) is 5.75 Å². The van der Waals surface area contributed by atoms with E-state index in [9.17, 15) is 34.8 Å². The number of nitrogens with zero attached hydrogens (tertiary/aromatic N) is 1. The van der Waals surface area contributed by atoms with Crippen molar-refractivity contribution < 1.29 is 34.8 Å². The highest BCUT2D eigenvalue weighted by Gasteiger charge is 2.24. The van der Waals surface area contributed by atoms with Crippen LogP contribution in [0.15, 0.2) is 41.4 Å². The third-order valence-electron chi connectivity index (χ3n) is 5.85. The number of Topliss-reactive ketones (excluding diaryl/α,β-unsaturated/α-hetero) is 1. The zero-order valence-electron chi connectivity index (χ0n) is 21.0. The van der Waals surface area contributed by atoms with Crippen molar-refractivity contribution in [1.82, 2.24) is 10.6 Å². The predicted octanol–water partition coefficient (Wildman–Crippen LogP) is 1.95. The van der Waals surface area contributed by atoms with Gasteiger partial charge >= 0.3 is 5.97 Å². The van der Waals surface area contributed by atoms with Gasteiger partial charge < -0.3 is 36.4 Å². The lowest BCUT2D eigenvalue weighted by Gasteiger charge is -2.22. The first-order valence-electron chi connectivity index (χ1n) is 11.9. The molecule has 0 fully saturated rings. The van der Waals surface area contributed by atoms with E-state index in [2.05, 4.69) is 20.9 Å². The van der Waals surface area contributed by atoms with Gasteiger partial charge in [0.2, 0.25) is 0 Å². The van der Waals surface area contributed by atoms with Crippen LogP contribution in [0.25, 0.3) is 0 Å². The fourth-order valence-electron chi connectivity index (χ4n) is 3.91. The molecule has 1 amide bonds. The van der Waals surface area contributed by atoms with Crippen LogP contribution in [0.2, 0.25) is 5.02 Å². The minimum Gasteiger partial charge on any atom is -0.508 e. The lowest BCUT2D eigenvalue weighted by molar-refractivity contribution is -0.137. The molecular weight excluding hydrogens is 516 g/mol. The second kappa shape index (κ2) is 12.2.